The van der Waals surface area contributed by atoms with Crippen LogP contribution in [0.1, 0.15) is 45.7 Å². The summed E-state index contributed by atoms with van der Waals surface area (Å²) < 4.78 is 10.7. The predicted octanol–water partition coefficient (Wildman–Crippen LogP) is 5.45. The highest BCUT2D eigenvalue weighted by Gasteiger charge is 2.34. The molecule has 0 spiro atoms. The van der Waals surface area contributed by atoms with Gasteiger partial charge in [0.2, 0.25) is 5.91 Å². The van der Waals surface area contributed by atoms with Gasteiger partial charge < -0.3 is 19.3 Å². The number of nitrogens with zero attached hydrogens (tertiary/aromatic N) is 2. The lowest BCUT2D eigenvalue weighted by atomic mass is 9.93. The van der Waals surface area contributed by atoms with Crippen LogP contribution in [0.25, 0.3) is 0 Å². The van der Waals surface area contributed by atoms with Gasteiger partial charge in [-0.15, -0.1) is 11.3 Å². The Hall–Kier alpha value is -3.03. The fourth-order valence-corrected chi connectivity index (χ4v) is 5.51. The second-order valence-electron chi connectivity index (χ2n) is 8.42. The zero-order chi connectivity index (χ0) is 24.9. The molecular formula is C27H29ClN2O4S. The summed E-state index contributed by atoms with van der Waals surface area (Å²) in [5.41, 5.74) is 2.58. The lowest BCUT2D eigenvalue weighted by molar-refractivity contribution is -0.134. The van der Waals surface area contributed by atoms with Crippen LogP contribution >= 0.6 is 22.9 Å². The molecule has 1 aliphatic heterocycles. The lowest BCUT2D eigenvalue weighted by Crippen LogP contribution is -2.47. The third-order valence-corrected chi connectivity index (χ3v) is 7.43. The lowest BCUT2D eigenvalue weighted by Gasteiger charge is -2.37. The molecule has 1 unspecified atom stereocenters. The highest BCUT2D eigenvalue weighted by molar-refractivity contribution is 7.10. The van der Waals surface area contributed by atoms with E-state index in [1.165, 1.54) is 4.88 Å². The molecule has 0 radical (unpaired) electrons. The van der Waals surface area contributed by atoms with Gasteiger partial charge in [-0.25, -0.2) is 0 Å². The van der Waals surface area contributed by atoms with Gasteiger partial charge in [0, 0.05) is 34.6 Å². The number of ether oxygens (including phenoxy) is 2. The van der Waals surface area contributed by atoms with E-state index in [0.29, 0.717) is 35.2 Å². The second kappa shape index (κ2) is 11.1. The monoisotopic (exact) mass is 512 g/mol. The topological polar surface area (TPSA) is 59.1 Å². The number of halogens is 1. The van der Waals surface area contributed by atoms with E-state index in [1.54, 1.807) is 48.7 Å². The van der Waals surface area contributed by atoms with Gasteiger partial charge in [-0.05, 0) is 59.7 Å². The molecule has 0 N–H and O–H groups in total. The minimum Gasteiger partial charge on any atom is -0.497 e. The van der Waals surface area contributed by atoms with Gasteiger partial charge in [0.05, 0.1) is 20.3 Å². The molecule has 35 heavy (non-hydrogen) atoms. The molecule has 184 valence electrons. The summed E-state index contributed by atoms with van der Waals surface area (Å²) in [4.78, 5) is 32.0. The molecule has 2 heterocycles. The third kappa shape index (κ3) is 5.46. The van der Waals surface area contributed by atoms with Crippen molar-refractivity contribution in [2.75, 3.05) is 33.9 Å². The van der Waals surface area contributed by atoms with Crippen molar-refractivity contribution in [3.05, 3.63) is 80.5 Å². The largest absolute Gasteiger partial charge is 0.497 e. The van der Waals surface area contributed by atoms with Gasteiger partial charge >= 0.3 is 0 Å². The van der Waals surface area contributed by atoms with E-state index >= 15 is 0 Å². The van der Waals surface area contributed by atoms with Crippen LogP contribution in [-0.2, 0) is 11.2 Å². The molecular weight excluding hydrogens is 484 g/mol. The fourth-order valence-electron chi connectivity index (χ4n) is 4.48. The number of amides is 2. The Kier molecular flexibility index (Phi) is 7.98. The molecule has 1 atom stereocenters. The first-order valence-corrected chi connectivity index (χ1v) is 12.8. The molecule has 0 saturated carbocycles. The SMILES string of the molecule is CCCN(CC(=O)N1CCc2sccc2C1c1ccc(Cl)cc1)C(=O)c1cc(OC)cc(OC)c1. The number of hydrogen-bond donors (Lipinski definition) is 0. The van der Waals surface area contributed by atoms with Crippen molar-refractivity contribution < 1.29 is 19.1 Å². The van der Waals surface area contributed by atoms with Gasteiger partial charge in [-0.2, -0.15) is 0 Å². The van der Waals surface area contributed by atoms with E-state index in [4.69, 9.17) is 21.1 Å². The molecule has 8 heteroatoms. The van der Waals surface area contributed by atoms with Crippen LogP contribution in [-0.4, -0.2) is 55.5 Å². The zero-order valence-corrected chi connectivity index (χ0v) is 21.7. The van der Waals surface area contributed by atoms with Gasteiger partial charge in [-0.3, -0.25) is 9.59 Å². The van der Waals surface area contributed by atoms with Gasteiger partial charge in [0.1, 0.15) is 18.0 Å². The second-order valence-corrected chi connectivity index (χ2v) is 9.86. The summed E-state index contributed by atoms with van der Waals surface area (Å²) in [6, 6.07) is 14.6. The van der Waals surface area contributed by atoms with Crippen molar-refractivity contribution in [3.63, 3.8) is 0 Å². The first kappa shape index (κ1) is 25.1. The molecule has 0 aliphatic carbocycles. The Morgan fingerprint density at radius 1 is 1.09 bits per heavy atom. The van der Waals surface area contributed by atoms with Gasteiger partial charge in [-0.1, -0.05) is 30.7 Å². The Morgan fingerprint density at radius 3 is 2.40 bits per heavy atom. The number of hydrogen-bond acceptors (Lipinski definition) is 5. The van der Waals surface area contributed by atoms with E-state index in [0.717, 1.165) is 24.0 Å². The zero-order valence-electron chi connectivity index (χ0n) is 20.1. The van der Waals surface area contributed by atoms with Crippen LogP contribution in [0.4, 0.5) is 0 Å². The number of carbonyl (C=O) groups is 2. The van der Waals surface area contributed by atoms with Crippen molar-refractivity contribution in [1.29, 1.82) is 0 Å². The number of methoxy groups -OCH3 is 2. The molecule has 4 rings (SSSR count). The Labute approximate surface area is 215 Å². The summed E-state index contributed by atoms with van der Waals surface area (Å²) in [7, 11) is 3.09. The van der Waals surface area contributed by atoms with Crippen LogP contribution in [0, 0.1) is 0 Å². The van der Waals surface area contributed by atoms with Crippen LogP contribution < -0.4 is 9.47 Å². The third-order valence-electron chi connectivity index (χ3n) is 6.18. The fraction of sp³-hybridized carbons (Fsp3) is 0.333. The first-order chi connectivity index (χ1) is 16.9. The maximum Gasteiger partial charge on any atom is 0.254 e. The van der Waals surface area contributed by atoms with Crippen molar-refractivity contribution in [2.24, 2.45) is 0 Å². The van der Waals surface area contributed by atoms with E-state index in [9.17, 15) is 9.59 Å². The van der Waals surface area contributed by atoms with E-state index in [-0.39, 0.29) is 24.4 Å². The Bertz CT molecular complexity index is 1170. The van der Waals surface area contributed by atoms with Crippen molar-refractivity contribution >= 4 is 34.8 Å². The molecule has 0 saturated heterocycles. The van der Waals surface area contributed by atoms with Crippen molar-refractivity contribution in [2.45, 2.75) is 25.8 Å². The standard InChI is InChI=1S/C27H29ClN2O4S/c1-4-11-29(27(32)19-14-21(33-2)16-22(15-19)34-3)17-25(31)30-12-9-24-23(10-13-35-24)26(30)18-5-7-20(28)8-6-18/h5-8,10,13-16,26H,4,9,11-12,17H2,1-3H3. The number of fused-ring (bicyclic) bond motifs is 1. The molecule has 1 aromatic heterocycles. The quantitative estimate of drug-likeness (QED) is 0.403. The smallest absolute Gasteiger partial charge is 0.254 e. The summed E-state index contributed by atoms with van der Waals surface area (Å²) in [5.74, 6) is 0.741. The molecule has 2 aromatic carbocycles. The van der Waals surface area contributed by atoms with Crippen molar-refractivity contribution in [1.82, 2.24) is 9.80 Å². The van der Waals surface area contributed by atoms with Crippen LogP contribution in [0.3, 0.4) is 0 Å². The minimum absolute atomic E-state index is 0.00421. The van der Waals surface area contributed by atoms with Crippen molar-refractivity contribution in [3.8, 4) is 11.5 Å². The van der Waals surface area contributed by atoms with Crippen LogP contribution in [0.15, 0.2) is 53.9 Å². The maximum atomic E-state index is 13.7. The highest BCUT2D eigenvalue weighted by Crippen LogP contribution is 2.38. The Balaban J connectivity index is 1.61. The number of rotatable bonds is 8. The van der Waals surface area contributed by atoms with E-state index in [1.807, 2.05) is 36.1 Å². The molecule has 1 aliphatic rings. The molecule has 0 fully saturated rings. The molecule has 2 amide bonds. The van der Waals surface area contributed by atoms with E-state index in [2.05, 4.69) is 11.4 Å². The highest BCUT2D eigenvalue weighted by atomic mass is 35.5. The molecule has 3 aromatic rings. The average Bonchev–Trinajstić information content (AvgIpc) is 3.36. The number of benzene rings is 2. The average molecular weight is 513 g/mol. The van der Waals surface area contributed by atoms with Crippen LogP contribution in [0.5, 0.6) is 11.5 Å². The maximum absolute atomic E-state index is 13.7. The van der Waals surface area contributed by atoms with Gasteiger partial charge in [0.15, 0.2) is 0 Å². The van der Waals surface area contributed by atoms with E-state index < -0.39 is 0 Å². The van der Waals surface area contributed by atoms with Crippen LogP contribution in [0.2, 0.25) is 5.02 Å². The normalized spacial score (nSPS) is 14.9. The van der Waals surface area contributed by atoms with Gasteiger partial charge in [0.25, 0.3) is 5.91 Å². The summed E-state index contributed by atoms with van der Waals surface area (Å²) in [6.07, 6.45) is 1.53. The number of thiophene rings is 1. The summed E-state index contributed by atoms with van der Waals surface area (Å²) in [5, 5.41) is 2.73. The molecule has 0 bridgehead atoms. The Morgan fingerprint density at radius 2 is 1.77 bits per heavy atom. The first-order valence-electron chi connectivity index (χ1n) is 11.6. The molecule has 6 nitrogen and oxygen atoms in total. The number of carbonyl (C=O) groups excluding carboxylic acids is 2. The summed E-state index contributed by atoms with van der Waals surface area (Å²) >= 11 is 7.85. The summed E-state index contributed by atoms with van der Waals surface area (Å²) in [6.45, 7) is 3.05. The minimum atomic E-state index is -0.228. The predicted molar refractivity (Wildman–Crippen MR) is 139 cm³/mol.